The summed E-state index contributed by atoms with van der Waals surface area (Å²) in [5.74, 6) is -1.42. The van der Waals surface area contributed by atoms with Crippen molar-refractivity contribution in [1.82, 2.24) is 9.78 Å². The van der Waals surface area contributed by atoms with E-state index in [2.05, 4.69) is 5.10 Å². The molecule has 0 bridgehead atoms. The molecule has 0 saturated carbocycles. The van der Waals surface area contributed by atoms with Crippen LogP contribution in [0.2, 0.25) is 5.02 Å². The first-order valence-corrected chi connectivity index (χ1v) is 5.68. The monoisotopic (exact) mass is 286 g/mol. The summed E-state index contributed by atoms with van der Waals surface area (Å²) in [6, 6.07) is 6.65. The number of hydrogen-bond acceptors (Lipinski definition) is 2. The van der Waals surface area contributed by atoms with Gasteiger partial charge in [0.1, 0.15) is 11.3 Å². The van der Waals surface area contributed by atoms with Crippen molar-refractivity contribution < 1.29 is 18.7 Å². The van der Waals surface area contributed by atoms with E-state index in [1.165, 1.54) is 0 Å². The molecule has 1 heterocycles. The molecular weight excluding hydrogens is 278 g/mol. The van der Waals surface area contributed by atoms with Crippen LogP contribution in [0.25, 0.3) is 0 Å². The highest BCUT2D eigenvalue weighted by Gasteiger charge is 2.24. The standard InChI is InChI=1S/C12H9ClF2N2O2/c13-8-3-1-2-7(4-8)6-17-10(11(14)15)9(5-16-17)12(18)19/h1-5,11H,6H2,(H,18,19). The Labute approximate surface area is 112 Å². The van der Waals surface area contributed by atoms with Crippen molar-refractivity contribution in [1.29, 1.82) is 0 Å². The van der Waals surface area contributed by atoms with Crippen molar-refractivity contribution in [3.63, 3.8) is 0 Å². The number of alkyl halides is 2. The van der Waals surface area contributed by atoms with Gasteiger partial charge in [0.05, 0.1) is 12.7 Å². The summed E-state index contributed by atoms with van der Waals surface area (Å²) in [6.07, 6.45) is -1.98. The first-order chi connectivity index (χ1) is 8.99. The summed E-state index contributed by atoms with van der Waals surface area (Å²) in [7, 11) is 0. The number of benzene rings is 1. The van der Waals surface area contributed by atoms with E-state index in [9.17, 15) is 13.6 Å². The maximum atomic E-state index is 12.9. The number of hydrogen-bond donors (Lipinski definition) is 1. The van der Waals surface area contributed by atoms with Crippen LogP contribution >= 0.6 is 11.6 Å². The quantitative estimate of drug-likeness (QED) is 0.939. The lowest BCUT2D eigenvalue weighted by molar-refractivity contribution is 0.0682. The van der Waals surface area contributed by atoms with Gasteiger partial charge in [0.2, 0.25) is 0 Å². The second kappa shape index (κ2) is 5.36. The van der Waals surface area contributed by atoms with Gasteiger partial charge in [-0.15, -0.1) is 0 Å². The second-order valence-electron chi connectivity index (χ2n) is 3.84. The Morgan fingerprint density at radius 2 is 2.21 bits per heavy atom. The molecule has 0 aliphatic rings. The molecule has 0 amide bonds. The van der Waals surface area contributed by atoms with E-state index in [1.807, 2.05) is 0 Å². The molecule has 1 N–H and O–H groups in total. The Morgan fingerprint density at radius 1 is 1.47 bits per heavy atom. The van der Waals surface area contributed by atoms with Gasteiger partial charge < -0.3 is 5.11 Å². The fraction of sp³-hybridized carbons (Fsp3) is 0.167. The lowest BCUT2D eigenvalue weighted by Gasteiger charge is -2.08. The third-order valence-electron chi connectivity index (χ3n) is 2.54. The zero-order chi connectivity index (χ0) is 14.0. The topological polar surface area (TPSA) is 55.1 Å². The van der Waals surface area contributed by atoms with E-state index in [0.717, 1.165) is 10.9 Å². The molecule has 2 rings (SSSR count). The van der Waals surface area contributed by atoms with Crippen molar-refractivity contribution in [2.75, 3.05) is 0 Å². The molecule has 4 nitrogen and oxygen atoms in total. The molecule has 2 aromatic rings. The van der Waals surface area contributed by atoms with E-state index in [1.54, 1.807) is 24.3 Å². The third kappa shape index (κ3) is 2.90. The average Bonchev–Trinajstić information content (AvgIpc) is 2.73. The number of halogens is 3. The lowest BCUT2D eigenvalue weighted by atomic mass is 10.2. The molecule has 7 heteroatoms. The van der Waals surface area contributed by atoms with Crippen LogP contribution in [-0.4, -0.2) is 20.9 Å². The highest BCUT2D eigenvalue weighted by Crippen LogP contribution is 2.24. The predicted molar refractivity (Wildman–Crippen MR) is 64.7 cm³/mol. The zero-order valence-corrected chi connectivity index (χ0v) is 10.3. The van der Waals surface area contributed by atoms with Gasteiger partial charge in [-0.1, -0.05) is 23.7 Å². The Balaban J connectivity index is 2.38. The van der Waals surface area contributed by atoms with Crippen LogP contribution in [0.4, 0.5) is 8.78 Å². The van der Waals surface area contributed by atoms with Gasteiger partial charge in [0, 0.05) is 5.02 Å². The smallest absolute Gasteiger partial charge is 0.339 e. The van der Waals surface area contributed by atoms with E-state index in [-0.39, 0.29) is 6.54 Å². The molecule has 0 unspecified atom stereocenters. The van der Waals surface area contributed by atoms with Crippen molar-refractivity contribution in [2.24, 2.45) is 0 Å². The van der Waals surface area contributed by atoms with Gasteiger partial charge in [0.25, 0.3) is 6.43 Å². The van der Waals surface area contributed by atoms with Gasteiger partial charge in [-0.2, -0.15) is 5.10 Å². The summed E-state index contributed by atoms with van der Waals surface area (Å²) in [5, 5.41) is 13.0. The van der Waals surface area contributed by atoms with Crippen molar-refractivity contribution in [3.8, 4) is 0 Å². The van der Waals surface area contributed by atoms with Crippen LogP contribution in [0.1, 0.15) is 28.0 Å². The van der Waals surface area contributed by atoms with Crippen LogP contribution in [0.5, 0.6) is 0 Å². The summed E-state index contributed by atoms with van der Waals surface area (Å²) >= 11 is 5.80. The summed E-state index contributed by atoms with van der Waals surface area (Å²) in [6.45, 7) is 0.0352. The maximum absolute atomic E-state index is 12.9. The van der Waals surface area contributed by atoms with Crippen LogP contribution in [-0.2, 0) is 6.54 Å². The Bertz CT molecular complexity index is 614. The number of carbonyl (C=O) groups is 1. The van der Waals surface area contributed by atoms with Crippen molar-refractivity contribution >= 4 is 17.6 Å². The minimum Gasteiger partial charge on any atom is -0.478 e. The normalized spacial score (nSPS) is 10.9. The van der Waals surface area contributed by atoms with Gasteiger partial charge in [0.15, 0.2) is 0 Å². The molecule has 1 aromatic heterocycles. The molecular formula is C12H9ClF2N2O2. The molecule has 0 atom stereocenters. The van der Waals surface area contributed by atoms with Crippen molar-refractivity contribution in [3.05, 3.63) is 52.3 Å². The highest BCUT2D eigenvalue weighted by atomic mass is 35.5. The van der Waals surface area contributed by atoms with Gasteiger partial charge in [-0.3, -0.25) is 4.68 Å². The van der Waals surface area contributed by atoms with Crippen LogP contribution in [0.3, 0.4) is 0 Å². The Hall–Kier alpha value is -1.95. The molecule has 100 valence electrons. The molecule has 0 fully saturated rings. The Kier molecular flexibility index (Phi) is 3.80. The number of carboxylic acids is 1. The summed E-state index contributed by atoms with van der Waals surface area (Å²) in [4.78, 5) is 10.8. The molecule has 19 heavy (non-hydrogen) atoms. The average molecular weight is 287 g/mol. The number of aromatic nitrogens is 2. The summed E-state index contributed by atoms with van der Waals surface area (Å²) < 4.78 is 26.8. The fourth-order valence-corrected chi connectivity index (χ4v) is 1.94. The number of aromatic carboxylic acids is 1. The van der Waals surface area contributed by atoms with Gasteiger partial charge in [-0.25, -0.2) is 13.6 Å². The van der Waals surface area contributed by atoms with E-state index in [0.29, 0.717) is 10.6 Å². The minimum absolute atomic E-state index is 0.0352. The minimum atomic E-state index is -2.91. The second-order valence-corrected chi connectivity index (χ2v) is 4.27. The largest absolute Gasteiger partial charge is 0.478 e. The van der Waals surface area contributed by atoms with Gasteiger partial charge >= 0.3 is 5.97 Å². The van der Waals surface area contributed by atoms with Crippen molar-refractivity contribution in [2.45, 2.75) is 13.0 Å². The number of nitrogens with zero attached hydrogens (tertiary/aromatic N) is 2. The van der Waals surface area contributed by atoms with Crippen LogP contribution in [0, 0.1) is 0 Å². The predicted octanol–water partition coefficient (Wildman–Crippen LogP) is 3.22. The first kappa shape index (κ1) is 13.5. The van der Waals surface area contributed by atoms with Crippen LogP contribution in [0.15, 0.2) is 30.5 Å². The molecule has 1 aromatic carbocycles. The Morgan fingerprint density at radius 3 is 2.79 bits per heavy atom. The SMILES string of the molecule is O=C(O)c1cnn(Cc2cccc(Cl)c2)c1C(F)F. The molecule has 0 radical (unpaired) electrons. The van der Waals surface area contributed by atoms with E-state index in [4.69, 9.17) is 16.7 Å². The molecule has 0 aliphatic heterocycles. The third-order valence-corrected chi connectivity index (χ3v) is 2.77. The van der Waals surface area contributed by atoms with E-state index >= 15 is 0 Å². The lowest BCUT2D eigenvalue weighted by Crippen LogP contribution is -2.09. The molecule has 0 saturated heterocycles. The van der Waals surface area contributed by atoms with Crippen LogP contribution < -0.4 is 0 Å². The molecule has 0 aliphatic carbocycles. The first-order valence-electron chi connectivity index (χ1n) is 5.30. The van der Waals surface area contributed by atoms with Gasteiger partial charge in [-0.05, 0) is 17.7 Å². The number of rotatable bonds is 4. The highest BCUT2D eigenvalue weighted by molar-refractivity contribution is 6.30. The van der Waals surface area contributed by atoms with E-state index < -0.39 is 23.7 Å². The maximum Gasteiger partial charge on any atom is 0.339 e. The fourth-order valence-electron chi connectivity index (χ4n) is 1.72. The molecule has 0 spiro atoms. The summed E-state index contributed by atoms with van der Waals surface area (Å²) in [5.41, 5.74) is -0.432. The zero-order valence-electron chi connectivity index (χ0n) is 9.55. The number of carboxylic acid groups (broad SMARTS) is 1.